The maximum atomic E-state index is 9.80. The first-order chi connectivity index (χ1) is 7.83. The van der Waals surface area contributed by atoms with Gasteiger partial charge in [0.1, 0.15) is 5.69 Å². The zero-order chi connectivity index (χ0) is 11.4. The molecule has 84 valence electrons. The summed E-state index contributed by atoms with van der Waals surface area (Å²) in [6.45, 7) is 2.99. The van der Waals surface area contributed by atoms with Crippen molar-refractivity contribution in [3.63, 3.8) is 0 Å². The second kappa shape index (κ2) is 4.84. The molecule has 0 saturated heterocycles. The summed E-state index contributed by atoms with van der Waals surface area (Å²) in [4.78, 5) is 0. The molecule has 1 aromatic carbocycles. The number of nitrogens with zero attached hydrogens (tertiary/aromatic N) is 2. The first kappa shape index (κ1) is 10.7. The number of benzene rings is 1. The monoisotopic (exact) mass is 216 g/mol. The van der Waals surface area contributed by atoms with Gasteiger partial charge in [-0.25, -0.2) is 0 Å². The van der Waals surface area contributed by atoms with Crippen LogP contribution in [0.5, 0.6) is 5.75 Å². The van der Waals surface area contributed by atoms with Gasteiger partial charge >= 0.3 is 0 Å². The van der Waals surface area contributed by atoms with E-state index in [1.807, 2.05) is 35.0 Å². The third-order valence-electron chi connectivity index (χ3n) is 2.59. The van der Waals surface area contributed by atoms with Gasteiger partial charge in [0.15, 0.2) is 5.75 Å². The highest BCUT2D eigenvalue weighted by Crippen LogP contribution is 2.28. The van der Waals surface area contributed by atoms with Crippen LogP contribution in [0.2, 0.25) is 0 Å². The average Bonchev–Trinajstić information content (AvgIpc) is 2.69. The second-order valence-corrected chi connectivity index (χ2v) is 3.82. The van der Waals surface area contributed by atoms with Crippen molar-refractivity contribution in [3.8, 4) is 17.0 Å². The van der Waals surface area contributed by atoms with Gasteiger partial charge in [-0.3, -0.25) is 4.68 Å². The molecule has 0 atom stereocenters. The molecule has 1 aromatic heterocycles. The molecule has 0 aliphatic heterocycles. The minimum atomic E-state index is 0.252. The Kier molecular flexibility index (Phi) is 3.25. The summed E-state index contributed by atoms with van der Waals surface area (Å²) in [5.74, 6) is 0.252. The Bertz CT molecular complexity index is 448. The van der Waals surface area contributed by atoms with Crippen LogP contribution in [0, 0.1) is 0 Å². The molecule has 1 heterocycles. The molecule has 0 fully saturated rings. The minimum Gasteiger partial charge on any atom is -0.504 e. The van der Waals surface area contributed by atoms with Crippen molar-refractivity contribution in [3.05, 3.63) is 36.5 Å². The molecule has 2 aromatic rings. The largest absolute Gasteiger partial charge is 0.504 e. The normalized spacial score (nSPS) is 10.6. The van der Waals surface area contributed by atoms with Crippen LogP contribution < -0.4 is 0 Å². The molecular formula is C13H16N2O. The van der Waals surface area contributed by atoms with Gasteiger partial charge in [0.05, 0.1) is 6.20 Å². The quantitative estimate of drug-likeness (QED) is 0.853. The molecule has 2 rings (SSSR count). The predicted molar refractivity (Wildman–Crippen MR) is 64.2 cm³/mol. The van der Waals surface area contributed by atoms with Crippen LogP contribution in [-0.2, 0) is 6.54 Å². The minimum absolute atomic E-state index is 0.252. The molecule has 0 amide bonds. The summed E-state index contributed by atoms with van der Waals surface area (Å²) in [5, 5.41) is 14.0. The average molecular weight is 216 g/mol. The van der Waals surface area contributed by atoms with E-state index in [0.29, 0.717) is 0 Å². The Morgan fingerprint density at radius 2 is 2.00 bits per heavy atom. The Labute approximate surface area is 95.3 Å². The summed E-state index contributed by atoms with van der Waals surface area (Å²) in [5.41, 5.74) is 1.82. The van der Waals surface area contributed by atoms with E-state index in [0.717, 1.165) is 30.6 Å². The molecule has 3 heteroatoms. The first-order valence-electron chi connectivity index (χ1n) is 5.63. The van der Waals surface area contributed by atoms with Crippen LogP contribution in [0.15, 0.2) is 36.5 Å². The SMILES string of the molecule is CCCCn1ncc(O)c1-c1ccccc1. The molecular weight excluding hydrogens is 200 g/mol. The highest BCUT2D eigenvalue weighted by Gasteiger charge is 2.10. The van der Waals surface area contributed by atoms with Crippen molar-refractivity contribution in [2.45, 2.75) is 26.3 Å². The van der Waals surface area contributed by atoms with Crippen molar-refractivity contribution >= 4 is 0 Å². The lowest BCUT2D eigenvalue weighted by atomic mass is 10.1. The summed E-state index contributed by atoms with van der Waals surface area (Å²) < 4.78 is 1.87. The van der Waals surface area contributed by atoms with Gasteiger partial charge in [-0.1, -0.05) is 43.7 Å². The third kappa shape index (κ3) is 2.08. The van der Waals surface area contributed by atoms with Gasteiger partial charge in [-0.2, -0.15) is 5.10 Å². The van der Waals surface area contributed by atoms with E-state index in [1.54, 1.807) is 0 Å². The molecule has 0 aliphatic carbocycles. The van der Waals surface area contributed by atoms with E-state index >= 15 is 0 Å². The molecule has 3 nitrogen and oxygen atoms in total. The molecule has 0 saturated carbocycles. The topological polar surface area (TPSA) is 38.0 Å². The second-order valence-electron chi connectivity index (χ2n) is 3.82. The smallest absolute Gasteiger partial charge is 0.161 e. The van der Waals surface area contributed by atoms with E-state index in [9.17, 15) is 5.11 Å². The highest BCUT2D eigenvalue weighted by atomic mass is 16.3. The van der Waals surface area contributed by atoms with Gasteiger partial charge in [-0.05, 0) is 6.42 Å². The number of aryl methyl sites for hydroxylation is 1. The van der Waals surface area contributed by atoms with E-state index in [2.05, 4.69) is 12.0 Å². The highest BCUT2D eigenvalue weighted by molar-refractivity contribution is 5.65. The van der Waals surface area contributed by atoms with Crippen molar-refractivity contribution in [2.24, 2.45) is 0 Å². The Balaban J connectivity index is 2.35. The van der Waals surface area contributed by atoms with Gasteiger partial charge < -0.3 is 5.11 Å². The number of unbranched alkanes of at least 4 members (excludes halogenated alkanes) is 1. The lowest BCUT2D eigenvalue weighted by molar-refractivity contribution is 0.475. The number of aromatic nitrogens is 2. The molecule has 0 spiro atoms. The van der Waals surface area contributed by atoms with Crippen LogP contribution in [0.3, 0.4) is 0 Å². The number of rotatable bonds is 4. The Morgan fingerprint density at radius 1 is 1.25 bits per heavy atom. The van der Waals surface area contributed by atoms with E-state index < -0.39 is 0 Å². The van der Waals surface area contributed by atoms with E-state index in [-0.39, 0.29) is 5.75 Å². The Hall–Kier alpha value is -1.77. The lowest BCUT2D eigenvalue weighted by Gasteiger charge is -2.07. The van der Waals surface area contributed by atoms with Crippen LogP contribution >= 0.6 is 0 Å². The van der Waals surface area contributed by atoms with Gasteiger partial charge in [0, 0.05) is 12.1 Å². The fourth-order valence-electron chi connectivity index (χ4n) is 1.75. The number of hydrogen-bond acceptors (Lipinski definition) is 2. The number of aromatic hydroxyl groups is 1. The summed E-state index contributed by atoms with van der Waals surface area (Å²) in [6, 6.07) is 9.86. The van der Waals surface area contributed by atoms with E-state index in [4.69, 9.17) is 0 Å². The van der Waals surface area contributed by atoms with Gasteiger partial charge in [-0.15, -0.1) is 0 Å². The molecule has 0 radical (unpaired) electrons. The van der Waals surface area contributed by atoms with Gasteiger partial charge in [0.25, 0.3) is 0 Å². The van der Waals surface area contributed by atoms with Crippen molar-refractivity contribution < 1.29 is 5.11 Å². The van der Waals surface area contributed by atoms with Crippen molar-refractivity contribution in [2.75, 3.05) is 0 Å². The van der Waals surface area contributed by atoms with Crippen molar-refractivity contribution in [1.29, 1.82) is 0 Å². The van der Waals surface area contributed by atoms with Gasteiger partial charge in [0.2, 0.25) is 0 Å². The fourth-order valence-corrected chi connectivity index (χ4v) is 1.75. The molecule has 1 N–H and O–H groups in total. The van der Waals surface area contributed by atoms with Crippen LogP contribution in [0.25, 0.3) is 11.3 Å². The zero-order valence-corrected chi connectivity index (χ0v) is 9.43. The fraction of sp³-hybridized carbons (Fsp3) is 0.308. The maximum absolute atomic E-state index is 9.80. The van der Waals surface area contributed by atoms with Crippen LogP contribution in [-0.4, -0.2) is 14.9 Å². The molecule has 16 heavy (non-hydrogen) atoms. The molecule has 0 unspecified atom stereocenters. The predicted octanol–water partition coefficient (Wildman–Crippen LogP) is 3.06. The first-order valence-corrected chi connectivity index (χ1v) is 5.63. The van der Waals surface area contributed by atoms with Crippen molar-refractivity contribution in [1.82, 2.24) is 9.78 Å². The van der Waals surface area contributed by atoms with Crippen LogP contribution in [0.1, 0.15) is 19.8 Å². The molecule has 0 bridgehead atoms. The lowest BCUT2D eigenvalue weighted by Crippen LogP contribution is -2.01. The Morgan fingerprint density at radius 3 is 2.69 bits per heavy atom. The number of hydrogen-bond donors (Lipinski definition) is 1. The zero-order valence-electron chi connectivity index (χ0n) is 9.43. The van der Waals surface area contributed by atoms with Crippen LogP contribution in [0.4, 0.5) is 0 Å². The third-order valence-corrected chi connectivity index (χ3v) is 2.59. The maximum Gasteiger partial charge on any atom is 0.161 e. The molecule has 0 aliphatic rings. The summed E-state index contributed by atoms with van der Waals surface area (Å²) >= 11 is 0. The summed E-state index contributed by atoms with van der Waals surface area (Å²) in [7, 11) is 0. The standard InChI is InChI=1S/C13H16N2O/c1-2-3-9-15-13(12(16)10-14-15)11-7-5-4-6-8-11/h4-8,10,16H,2-3,9H2,1H3. The summed E-state index contributed by atoms with van der Waals surface area (Å²) in [6.07, 6.45) is 3.70. The van der Waals surface area contributed by atoms with E-state index in [1.165, 1.54) is 6.20 Å².